The summed E-state index contributed by atoms with van der Waals surface area (Å²) in [4.78, 5) is 0. The van der Waals surface area contributed by atoms with Gasteiger partial charge in [0, 0.05) is 24.2 Å². The molecule has 1 aromatic carbocycles. The SMILES string of the molecule is C=C(C)[C@H]1CC2=C(C)C=C3C[C@]2(C)[C@]2(C[C@H](Cc4cccc(c4)C[C@@H]4C[C@H]3N[C@@]3(C)[C@H]5[C@H](C[C@@H]6C[C@H](NC[C@H](C)O)[C@H](O)C[C@@H]65)C[C@@H]43)CC23CCCC3)C1. The smallest absolute Gasteiger partial charge is 0.0696 e. The van der Waals surface area contributed by atoms with E-state index in [0.717, 1.165) is 24.7 Å². The number of aliphatic hydroxyl groups excluding tert-OH is 2. The summed E-state index contributed by atoms with van der Waals surface area (Å²) < 4.78 is 0. The molecular weight excluding hydrogens is 661 g/mol. The van der Waals surface area contributed by atoms with E-state index in [1.807, 2.05) is 6.92 Å². The second-order valence-electron chi connectivity index (χ2n) is 22.1. The zero-order valence-electron chi connectivity index (χ0n) is 34.4. The van der Waals surface area contributed by atoms with E-state index in [2.05, 4.69) is 75.2 Å². The number of benzene rings is 1. The van der Waals surface area contributed by atoms with Gasteiger partial charge in [-0.05, 0) is 192 Å². The van der Waals surface area contributed by atoms with Crippen LogP contribution >= 0.6 is 0 Å². The van der Waals surface area contributed by atoms with E-state index in [-0.39, 0.29) is 29.2 Å². The van der Waals surface area contributed by atoms with Crippen molar-refractivity contribution in [3.63, 3.8) is 0 Å². The summed E-state index contributed by atoms with van der Waals surface area (Å²) >= 11 is 0. The number of nitrogens with one attached hydrogen (secondary N) is 2. The van der Waals surface area contributed by atoms with Gasteiger partial charge in [0.15, 0.2) is 0 Å². The lowest BCUT2D eigenvalue weighted by atomic mass is 9.41. The summed E-state index contributed by atoms with van der Waals surface area (Å²) in [7, 11) is 0. The molecule has 7 fully saturated rings. The monoisotopic (exact) mass is 733 g/mol. The molecule has 15 atom stereocenters. The third kappa shape index (κ3) is 5.34. The minimum atomic E-state index is -0.381. The van der Waals surface area contributed by atoms with Crippen molar-refractivity contribution in [2.24, 2.45) is 63.6 Å². The first kappa shape index (κ1) is 36.6. The van der Waals surface area contributed by atoms with E-state index >= 15 is 0 Å². The van der Waals surface area contributed by atoms with Crippen molar-refractivity contribution in [2.75, 3.05) is 6.54 Å². The highest BCUT2D eigenvalue weighted by Crippen LogP contribution is 2.77. The summed E-state index contributed by atoms with van der Waals surface area (Å²) in [6.07, 6.45) is 22.7. The predicted octanol–water partition coefficient (Wildman–Crippen LogP) is 9.50. The molecule has 1 aliphatic heterocycles. The van der Waals surface area contributed by atoms with Gasteiger partial charge in [-0.2, -0.15) is 0 Å². The van der Waals surface area contributed by atoms with Gasteiger partial charge in [-0.15, -0.1) is 0 Å². The molecule has 4 heteroatoms. The third-order valence-corrected chi connectivity index (χ3v) is 19.3. The topological polar surface area (TPSA) is 64.5 Å². The molecule has 1 heterocycles. The van der Waals surface area contributed by atoms with Crippen LogP contribution in [-0.4, -0.2) is 46.6 Å². The molecule has 0 unspecified atom stereocenters. The van der Waals surface area contributed by atoms with Crippen LogP contribution < -0.4 is 10.6 Å². The first-order chi connectivity index (χ1) is 25.8. The summed E-state index contributed by atoms with van der Waals surface area (Å²) in [6, 6.07) is 10.5. The molecule has 0 aromatic heterocycles. The fraction of sp³-hybridized carbons (Fsp3) is 0.760. The number of hydrogen-bond donors (Lipinski definition) is 4. The van der Waals surface area contributed by atoms with Gasteiger partial charge in [0.05, 0.1) is 12.2 Å². The summed E-state index contributed by atoms with van der Waals surface area (Å²) in [5.74, 6) is 5.33. The standard InChI is InChI=1S/C50H72N2O2/c1-29(2)38-20-41-30(3)14-39-26-47(41,5)50(27-38)25-34(24-49(50)12-7-8-13-49)16-32-10-9-11-33(15-32)17-36-22-43(39)52-48(6)42(36)19-37-18-35-21-44(51-28-31(4)53)45(54)23-40(35)46(37)48/h9-11,14-15,31,34-38,40,42-46,51-54H,1,7-8,12-13,16-28H2,2-6H3/t31-,34+,35+,36+,37+,38-,40-,42-,43+,44-,45+,46-,47-,48+,50-/m0/s1. The van der Waals surface area contributed by atoms with Gasteiger partial charge in [0.1, 0.15) is 0 Å². The zero-order chi connectivity index (χ0) is 37.4. The van der Waals surface area contributed by atoms with Gasteiger partial charge in [0.2, 0.25) is 0 Å². The first-order valence-corrected chi connectivity index (χ1v) is 22.8. The van der Waals surface area contributed by atoms with Crippen LogP contribution in [0, 0.1) is 63.6 Å². The molecule has 0 amide bonds. The third-order valence-electron chi connectivity index (χ3n) is 19.3. The molecule has 6 saturated carbocycles. The van der Waals surface area contributed by atoms with Crippen LogP contribution in [0.3, 0.4) is 0 Å². The van der Waals surface area contributed by atoms with Crippen LogP contribution in [0.2, 0.25) is 0 Å². The largest absolute Gasteiger partial charge is 0.392 e. The molecule has 2 spiro atoms. The molecule has 4 N–H and O–H groups in total. The molecule has 9 aliphatic rings. The Hall–Kier alpha value is -1.72. The Bertz CT molecular complexity index is 1730. The lowest BCUT2D eigenvalue weighted by Gasteiger charge is -2.63. The number of aliphatic hydroxyl groups is 2. The number of fused-ring (bicyclic) bond motifs is 13. The summed E-state index contributed by atoms with van der Waals surface area (Å²) in [5.41, 5.74) is 10.8. The maximum Gasteiger partial charge on any atom is 0.0696 e. The van der Waals surface area contributed by atoms with E-state index in [1.165, 1.54) is 95.5 Å². The number of allylic oxidation sites excluding steroid dienone is 4. The molecule has 4 nitrogen and oxygen atoms in total. The molecule has 10 rings (SSSR count). The van der Waals surface area contributed by atoms with Crippen LogP contribution in [0.5, 0.6) is 0 Å². The van der Waals surface area contributed by atoms with Crippen molar-refractivity contribution in [1.29, 1.82) is 0 Å². The van der Waals surface area contributed by atoms with Gasteiger partial charge in [-0.25, -0.2) is 0 Å². The molecule has 8 aliphatic carbocycles. The van der Waals surface area contributed by atoms with E-state index in [0.29, 0.717) is 58.9 Å². The Balaban J connectivity index is 1.07. The van der Waals surface area contributed by atoms with Gasteiger partial charge >= 0.3 is 0 Å². The van der Waals surface area contributed by atoms with Gasteiger partial charge in [-0.1, -0.05) is 79.0 Å². The zero-order valence-corrected chi connectivity index (χ0v) is 34.4. The van der Waals surface area contributed by atoms with Crippen molar-refractivity contribution in [3.8, 4) is 0 Å². The quantitative estimate of drug-likeness (QED) is 0.233. The predicted molar refractivity (Wildman–Crippen MR) is 220 cm³/mol. The summed E-state index contributed by atoms with van der Waals surface area (Å²) in [6.45, 7) is 17.4. The van der Waals surface area contributed by atoms with E-state index < -0.39 is 0 Å². The number of rotatable bonds is 4. The molecular formula is C50H72N2O2. The highest BCUT2D eigenvalue weighted by molar-refractivity contribution is 5.45. The van der Waals surface area contributed by atoms with Crippen molar-refractivity contribution in [3.05, 3.63) is 70.3 Å². The molecule has 294 valence electrons. The minimum Gasteiger partial charge on any atom is -0.392 e. The van der Waals surface area contributed by atoms with Crippen molar-refractivity contribution in [2.45, 2.75) is 167 Å². The van der Waals surface area contributed by atoms with Crippen molar-refractivity contribution >= 4 is 0 Å². The first-order valence-electron chi connectivity index (χ1n) is 22.8. The fourth-order valence-electron chi connectivity index (χ4n) is 17.5. The van der Waals surface area contributed by atoms with Gasteiger partial charge in [0.25, 0.3) is 0 Å². The average molecular weight is 733 g/mol. The van der Waals surface area contributed by atoms with Crippen molar-refractivity contribution in [1.82, 2.24) is 10.6 Å². The Labute approximate surface area is 327 Å². The molecule has 1 saturated heterocycles. The fourth-order valence-corrected chi connectivity index (χ4v) is 17.5. The van der Waals surface area contributed by atoms with Crippen LogP contribution in [0.4, 0.5) is 0 Å². The average Bonchev–Trinajstić information content (AvgIpc) is 3.87. The minimum absolute atomic E-state index is 0.0754. The Morgan fingerprint density at radius 1 is 0.963 bits per heavy atom. The second kappa shape index (κ2) is 12.9. The van der Waals surface area contributed by atoms with Gasteiger partial charge < -0.3 is 20.8 Å². The van der Waals surface area contributed by atoms with E-state index in [1.54, 1.807) is 27.8 Å². The maximum absolute atomic E-state index is 11.6. The Kier molecular flexibility index (Phi) is 8.74. The second-order valence-corrected chi connectivity index (χ2v) is 22.1. The Morgan fingerprint density at radius 2 is 1.74 bits per heavy atom. The van der Waals surface area contributed by atoms with Crippen LogP contribution in [0.15, 0.2) is 59.2 Å². The lowest BCUT2D eigenvalue weighted by Crippen LogP contribution is -2.64. The Morgan fingerprint density at radius 3 is 2.50 bits per heavy atom. The molecule has 0 radical (unpaired) electrons. The molecule has 54 heavy (non-hydrogen) atoms. The van der Waals surface area contributed by atoms with Crippen LogP contribution in [-0.2, 0) is 12.8 Å². The van der Waals surface area contributed by atoms with E-state index in [4.69, 9.17) is 0 Å². The summed E-state index contributed by atoms with van der Waals surface area (Å²) in [5, 5.41) is 29.8. The van der Waals surface area contributed by atoms with Crippen LogP contribution in [0.25, 0.3) is 0 Å². The van der Waals surface area contributed by atoms with Crippen LogP contribution in [0.1, 0.15) is 136 Å². The molecule has 8 bridgehead atoms. The molecule has 1 aromatic rings. The normalized spacial score (nSPS) is 47.8. The van der Waals surface area contributed by atoms with E-state index in [9.17, 15) is 10.2 Å². The lowest BCUT2D eigenvalue weighted by molar-refractivity contribution is -0.0732. The number of hydrogen-bond acceptors (Lipinski definition) is 4. The van der Waals surface area contributed by atoms with Crippen molar-refractivity contribution < 1.29 is 10.2 Å². The van der Waals surface area contributed by atoms with Gasteiger partial charge in [-0.3, -0.25) is 0 Å². The maximum atomic E-state index is 11.6. The number of piperidine rings is 1. The highest BCUT2D eigenvalue weighted by atomic mass is 16.3. The highest BCUT2D eigenvalue weighted by Gasteiger charge is 2.69.